The molecule has 11 nitrogen and oxygen atoms in total. The molecule has 610 valence electrons. The van der Waals surface area contributed by atoms with Crippen molar-refractivity contribution in [1.29, 1.82) is 5.26 Å². The molecular formula is C108H119N9O2Zn. The number of hydrogen-bond donors (Lipinski definition) is 3. The Hall–Kier alpha value is -12.2. The van der Waals surface area contributed by atoms with Gasteiger partial charge in [0.05, 0.1) is 12.1 Å². The third-order valence-electron chi connectivity index (χ3n) is 22.3. The van der Waals surface area contributed by atoms with Crippen LogP contribution in [0, 0.1) is 59.4 Å². The Balaban J connectivity index is 0.000000250. The minimum absolute atomic E-state index is 0. The van der Waals surface area contributed by atoms with Crippen LogP contribution in [0.1, 0.15) is 215 Å². The predicted octanol–water partition coefficient (Wildman–Crippen LogP) is 25.7. The van der Waals surface area contributed by atoms with E-state index >= 15 is 0 Å². The number of allylic oxidation sites excluding steroid dienone is 9. The fourth-order valence-electron chi connectivity index (χ4n) is 14.6. The number of hydrogen-bond acceptors (Lipinski definition) is 4. The number of nitrogens with zero attached hydrogens (tertiary/aromatic N) is 6. The number of aromatic amines is 1. The van der Waals surface area contributed by atoms with Gasteiger partial charge in [0.15, 0.2) is 17.3 Å². The summed E-state index contributed by atoms with van der Waals surface area (Å²) >= 11 is 0. The number of H-pyrrole nitrogens is 1. The number of carbonyl (C=O) groups is 2. The summed E-state index contributed by atoms with van der Waals surface area (Å²) in [5.74, 6) is 1.05. The second-order valence-electron chi connectivity index (χ2n) is 31.0. The maximum Gasteiger partial charge on any atom is 2.00 e. The van der Waals surface area contributed by atoms with Crippen molar-refractivity contribution >= 4 is 74.6 Å². The van der Waals surface area contributed by atoms with Gasteiger partial charge in [-0.05, 0) is 210 Å². The van der Waals surface area contributed by atoms with E-state index in [0.717, 1.165) is 67.1 Å². The average Bonchev–Trinajstić information content (AvgIpc) is 1.72. The molecule has 0 spiro atoms. The SMILES string of the molecule is CCC(C)c1ccc(C(=C2C=CC(=[N+](CC)CC)C=C2)c2ccc(C)cc2)cc1.CCC(C)c1ccc([NH+]=C2C=CC(=C(c3ccc(C)cc3)c3ccc(N(CC)CC)cc3)c3ccccc32)cc1.[C-]#[N+]C1=C(c2ccccc2)C(=Cc2[nH]c(NC(=O)C(C)(C)C)c(C#N)c2-c2ccccc2)[N-]C1=NC(=O)c1ccc(C(C)CC)cc1.[CH3-].[CH3-].[CH3-].[Zn+2]. The minimum atomic E-state index is -0.704. The van der Waals surface area contributed by atoms with E-state index in [1.165, 1.54) is 95.7 Å². The number of amides is 2. The van der Waals surface area contributed by atoms with E-state index in [1.54, 1.807) is 39.0 Å². The Labute approximate surface area is 730 Å². The fourth-order valence-corrected chi connectivity index (χ4v) is 14.6. The molecule has 0 fully saturated rings. The van der Waals surface area contributed by atoms with Gasteiger partial charge in [0, 0.05) is 71.4 Å². The molecule has 120 heavy (non-hydrogen) atoms. The first-order chi connectivity index (χ1) is 56.1. The summed E-state index contributed by atoms with van der Waals surface area (Å²) in [4.78, 5) is 43.8. The van der Waals surface area contributed by atoms with Crippen LogP contribution in [0.5, 0.6) is 0 Å². The number of amidine groups is 1. The maximum absolute atomic E-state index is 13.4. The quantitative estimate of drug-likeness (QED) is 0.0375. The van der Waals surface area contributed by atoms with Crippen molar-refractivity contribution < 1.29 is 38.6 Å². The molecule has 2 aliphatic carbocycles. The van der Waals surface area contributed by atoms with Crippen LogP contribution in [-0.4, -0.2) is 64.8 Å². The molecule has 1 aromatic heterocycles. The zero-order valence-electron chi connectivity index (χ0n) is 73.9. The zero-order valence-corrected chi connectivity index (χ0v) is 76.8. The molecule has 0 saturated heterocycles. The topological polar surface area (TPSA) is 137 Å². The van der Waals surface area contributed by atoms with Crippen LogP contribution in [-0.2, 0) is 24.3 Å². The molecule has 13 rings (SSSR count). The van der Waals surface area contributed by atoms with E-state index in [-0.39, 0.29) is 70.6 Å². The standard InChI is InChI=1S/C39H36N6O2.C38H40N2.C28H34N.3CH3.Zn/c1-7-24(2)25-18-20-28(21-19-25)37(46)44-36-34(41-6)33(27-16-12-9-13-17-27)31(43-36)22-30-32(26-14-10-8-11-15-26)29(23-40)35(42-30)45-38(47)39(3,4)5;1-6-28(5)29-17-21-32(22-18-29)39-37-26-25-36(34-11-9-10-12-35(34)37)38(30-15-13-27(4)14-16-30)31-19-23-33(24-20-31)40(7-2)8-3;1-6-22(5)23-13-15-25(16-14-23)28(24-11-9-21(4)10-12-24)26-17-19-27(20-18-26)29(7-2)8-3;;;;/h8-22,24H,7H2,1-5H3,(H3,42,43,44,45,46,47);9-26,28H,6-8H2,1-5H3;9-20,22H,6-8H2,1-5H3;3*1H3;/q;;+1;3*-1;+2. The second-order valence-corrected chi connectivity index (χ2v) is 31.0. The number of carbonyl (C=O) groups excluding carboxylic acids is 2. The summed E-state index contributed by atoms with van der Waals surface area (Å²) in [5.41, 5.74) is 27.3. The van der Waals surface area contributed by atoms with E-state index in [1.807, 2.05) is 72.8 Å². The van der Waals surface area contributed by atoms with Gasteiger partial charge in [-0.1, -0.05) is 279 Å². The summed E-state index contributed by atoms with van der Waals surface area (Å²) in [5, 5.41) is 17.9. The smallest absolute Gasteiger partial charge is 0.448 e. The first-order valence-electron chi connectivity index (χ1n) is 41.1. The fraction of sp³-hybridized carbons (Fsp3) is 0.241. The molecule has 9 aromatic carbocycles. The van der Waals surface area contributed by atoms with Crippen LogP contribution in [0.3, 0.4) is 0 Å². The molecule has 0 bridgehead atoms. The van der Waals surface area contributed by atoms with Gasteiger partial charge in [-0.25, -0.2) is 14.4 Å². The van der Waals surface area contributed by atoms with Crippen molar-refractivity contribution in [3.63, 3.8) is 0 Å². The number of aliphatic imine (C=N–C) groups is 1. The number of fused-ring (bicyclic) bond motifs is 1. The summed E-state index contributed by atoms with van der Waals surface area (Å²) in [6.45, 7) is 44.0. The summed E-state index contributed by atoms with van der Waals surface area (Å²) in [6, 6.07) is 82.0. The van der Waals surface area contributed by atoms with Crippen molar-refractivity contribution in [2.75, 3.05) is 36.4 Å². The van der Waals surface area contributed by atoms with Crippen molar-refractivity contribution in [2.24, 2.45) is 10.4 Å². The van der Waals surface area contributed by atoms with Crippen LogP contribution in [0.2, 0.25) is 0 Å². The van der Waals surface area contributed by atoms with E-state index in [4.69, 9.17) is 11.9 Å². The van der Waals surface area contributed by atoms with Crippen molar-refractivity contribution in [2.45, 2.75) is 141 Å². The van der Waals surface area contributed by atoms with Gasteiger partial charge >= 0.3 is 19.5 Å². The van der Waals surface area contributed by atoms with Gasteiger partial charge in [0.2, 0.25) is 17.3 Å². The predicted molar refractivity (Wildman–Crippen MR) is 506 cm³/mol. The van der Waals surface area contributed by atoms with Gasteiger partial charge in [-0.3, -0.25) is 9.59 Å². The maximum atomic E-state index is 13.4. The average molecular weight is 1640 g/mol. The molecule has 3 unspecified atom stereocenters. The molecule has 10 aromatic rings. The summed E-state index contributed by atoms with van der Waals surface area (Å²) < 4.78 is 2.39. The van der Waals surface area contributed by atoms with Crippen molar-refractivity contribution in [3.05, 3.63) is 407 Å². The van der Waals surface area contributed by atoms with Gasteiger partial charge in [-0.15, -0.1) is 0 Å². The largest absolute Gasteiger partial charge is 2.00 e. The third-order valence-corrected chi connectivity index (χ3v) is 22.3. The van der Waals surface area contributed by atoms with E-state index < -0.39 is 11.3 Å². The van der Waals surface area contributed by atoms with Crippen LogP contribution < -0.4 is 15.2 Å². The van der Waals surface area contributed by atoms with E-state index in [9.17, 15) is 14.9 Å². The number of benzene rings is 9. The van der Waals surface area contributed by atoms with Crippen LogP contribution >= 0.6 is 0 Å². The number of aryl methyl sites for hydroxylation is 2. The van der Waals surface area contributed by atoms with Gasteiger partial charge in [-0.2, -0.15) is 5.26 Å². The minimum Gasteiger partial charge on any atom is -0.448 e. The number of aromatic nitrogens is 1. The third kappa shape index (κ3) is 22.8. The molecule has 0 saturated carbocycles. The van der Waals surface area contributed by atoms with Crippen LogP contribution in [0.4, 0.5) is 17.2 Å². The number of anilines is 2. The van der Waals surface area contributed by atoms with E-state index in [0.29, 0.717) is 45.8 Å². The number of nitriles is 1. The number of nitrogens with one attached hydrogen (secondary N) is 3. The molecule has 0 radical (unpaired) electrons. The molecule has 3 N–H and O–H groups in total. The van der Waals surface area contributed by atoms with Gasteiger partial charge in [0.25, 0.3) is 0 Å². The molecule has 1 aliphatic heterocycles. The van der Waals surface area contributed by atoms with Gasteiger partial charge < -0.3 is 47.8 Å². The monoisotopic (exact) mass is 1640 g/mol. The Kier molecular flexibility index (Phi) is 35.2. The first-order valence-corrected chi connectivity index (χ1v) is 41.1. The zero-order chi connectivity index (χ0) is 82.6. The Morgan fingerprint density at radius 2 is 1.02 bits per heavy atom. The van der Waals surface area contributed by atoms with Gasteiger partial charge in [0.1, 0.15) is 30.5 Å². The Morgan fingerprint density at radius 1 is 0.575 bits per heavy atom. The summed E-state index contributed by atoms with van der Waals surface area (Å²) in [7, 11) is 0. The second kappa shape index (κ2) is 44.6. The first kappa shape index (κ1) is 94.9. The van der Waals surface area contributed by atoms with Crippen molar-refractivity contribution in [3.8, 4) is 17.2 Å². The molecule has 12 heteroatoms. The molecular weight excluding hydrogens is 1520 g/mol. The molecule has 2 amide bonds. The Morgan fingerprint density at radius 3 is 1.49 bits per heavy atom. The Bertz CT molecular complexity index is 5540. The normalized spacial score (nSPS) is 14.6. The molecule has 3 aliphatic rings. The van der Waals surface area contributed by atoms with Crippen molar-refractivity contribution in [1.82, 2.24) is 4.98 Å². The summed E-state index contributed by atoms with van der Waals surface area (Å²) in [6.07, 6.45) is 18.6. The molecule has 2 heterocycles. The molecule has 3 atom stereocenters. The van der Waals surface area contributed by atoms with Crippen LogP contribution in [0.15, 0.2) is 289 Å². The van der Waals surface area contributed by atoms with E-state index in [2.05, 4.69) is 306 Å². The number of rotatable bonds is 21. The van der Waals surface area contributed by atoms with Crippen LogP contribution in [0.25, 0.3) is 49.7 Å².